The van der Waals surface area contributed by atoms with Crippen LogP contribution in [0.25, 0.3) is 0 Å². The summed E-state index contributed by atoms with van der Waals surface area (Å²) in [5.41, 5.74) is 1.23. The second-order valence-corrected chi connectivity index (χ2v) is 6.49. The first-order valence-corrected chi connectivity index (χ1v) is 8.85. The van der Waals surface area contributed by atoms with Crippen molar-refractivity contribution in [2.75, 3.05) is 25.4 Å². The highest BCUT2D eigenvalue weighted by atomic mass is 32.2. The fraction of sp³-hybridized carbons (Fsp3) is 0.278. The molecule has 1 saturated heterocycles. The summed E-state index contributed by atoms with van der Waals surface area (Å²) >= 11 is 1.67. The van der Waals surface area contributed by atoms with Crippen LogP contribution < -0.4 is 10.1 Å². The fourth-order valence-corrected chi connectivity index (χ4v) is 3.70. The topological polar surface area (TPSA) is 36.9 Å². The zero-order valence-corrected chi connectivity index (χ0v) is 13.6. The Morgan fingerprint density at radius 2 is 1.78 bits per heavy atom. The van der Waals surface area contributed by atoms with Gasteiger partial charge in [-0.05, 0) is 41.8 Å². The van der Waals surface area contributed by atoms with Crippen molar-refractivity contribution in [3.63, 3.8) is 0 Å². The lowest BCUT2D eigenvalue weighted by Gasteiger charge is -2.38. The van der Waals surface area contributed by atoms with E-state index in [9.17, 15) is 0 Å². The van der Waals surface area contributed by atoms with Crippen molar-refractivity contribution in [3.8, 4) is 11.5 Å². The average Bonchev–Trinajstić information content (AvgIpc) is 2.63. The lowest BCUT2D eigenvalue weighted by atomic mass is 10.0. The molecule has 0 saturated carbocycles. The van der Waals surface area contributed by atoms with Gasteiger partial charge in [0.15, 0.2) is 0 Å². The Morgan fingerprint density at radius 3 is 2.61 bits per heavy atom. The molecule has 0 bridgehead atoms. The lowest BCUT2D eigenvalue weighted by Crippen LogP contribution is -2.51. The maximum atomic E-state index is 5.86. The zero-order chi connectivity index (χ0) is 15.5. The van der Waals surface area contributed by atoms with Crippen molar-refractivity contribution in [2.45, 2.75) is 6.04 Å². The van der Waals surface area contributed by atoms with Gasteiger partial charge in [0.1, 0.15) is 17.3 Å². The number of piperazine rings is 1. The summed E-state index contributed by atoms with van der Waals surface area (Å²) in [7, 11) is 0. The monoisotopic (exact) mass is 325 g/mol. The molecule has 1 N–H and O–H groups in total. The van der Waals surface area contributed by atoms with E-state index in [0.717, 1.165) is 42.7 Å². The fourth-order valence-electron chi connectivity index (χ4n) is 2.95. The van der Waals surface area contributed by atoms with E-state index in [4.69, 9.17) is 4.74 Å². The zero-order valence-electron chi connectivity index (χ0n) is 12.8. The highest BCUT2D eigenvalue weighted by molar-refractivity contribution is 7.98. The van der Waals surface area contributed by atoms with Crippen LogP contribution in [-0.4, -0.2) is 36.1 Å². The minimum Gasteiger partial charge on any atom is -0.457 e. The molecule has 4 nitrogen and oxygen atoms in total. The van der Waals surface area contributed by atoms with Crippen LogP contribution >= 0.6 is 11.9 Å². The number of amidine groups is 1. The predicted molar refractivity (Wildman–Crippen MR) is 95.2 cm³/mol. The van der Waals surface area contributed by atoms with Crippen molar-refractivity contribution in [3.05, 3.63) is 60.2 Å². The van der Waals surface area contributed by atoms with Gasteiger partial charge in [0.2, 0.25) is 0 Å². The SMILES string of the molecule is c1ccc(Oc2ccc([C@@H]3NCCN4CCSN=C34)cc2)cc1. The Hall–Kier alpha value is -1.98. The normalized spacial score (nSPS) is 20.6. The summed E-state index contributed by atoms with van der Waals surface area (Å²) in [4.78, 5) is 2.39. The van der Waals surface area contributed by atoms with Crippen LogP contribution in [-0.2, 0) is 0 Å². The molecule has 4 rings (SSSR count). The molecule has 2 heterocycles. The van der Waals surface area contributed by atoms with Crippen LogP contribution in [0.3, 0.4) is 0 Å². The number of nitrogens with zero attached hydrogens (tertiary/aromatic N) is 2. The van der Waals surface area contributed by atoms with Gasteiger partial charge in [0.25, 0.3) is 0 Å². The Bertz CT molecular complexity index is 687. The molecule has 118 valence electrons. The summed E-state index contributed by atoms with van der Waals surface area (Å²) in [6.45, 7) is 3.14. The van der Waals surface area contributed by atoms with Crippen molar-refractivity contribution in [2.24, 2.45) is 4.40 Å². The largest absolute Gasteiger partial charge is 0.457 e. The number of hydrogen-bond donors (Lipinski definition) is 1. The van der Waals surface area contributed by atoms with Gasteiger partial charge in [0.05, 0.1) is 6.04 Å². The molecule has 2 aliphatic rings. The molecule has 0 amide bonds. The predicted octanol–water partition coefficient (Wildman–Crippen LogP) is 3.49. The summed E-state index contributed by atoms with van der Waals surface area (Å²) in [5.74, 6) is 3.95. The van der Waals surface area contributed by atoms with Gasteiger partial charge in [-0.2, -0.15) is 0 Å². The molecule has 23 heavy (non-hydrogen) atoms. The number of hydrogen-bond acceptors (Lipinski definition) is 5. The van der Waals surface area contributed by atoms with Gasteiger partial charge in [-0.25, -0.2) is 4.40 Å². The first-order chi connectivity index (χ1) is 11.4. The van der Waals surface area contributed by atoms with Crippen molar-refractivity contribution in [1.29, 1.82) is 0 Å². The standard InChI is InChI=1S/C18H19N3OS/c1-2-4-15(5-3-1)22-16-8-6-14(7-9-16)17-18-20-23-13-12-21(18)11-10-19-17/h1-9,17,19H,10-13H2/t17-/m0/s1. The number of rotatable bonds is 3. The Balaban J connectivity index is 1.52. The Morgan fingerprint density at radius 1 is 1.00 bits per heavy atom. The third-order valence-electron chi connectivity index (χ3n) is 4.12. The molecule has 0 aromatic heterocycles. The van der Waals surface area contributed by atoms with Crippen molar-refractivity contribution in [1.82, 2.24) is 10.2 Å². The molecule has 2 aliphatic heterocycles. The highest BCUT2D eigenvalue weighted by Crippen LogP contribution is 2.28. The number of benzene rings is 2. The van der Waals surface area contributed by atoms with Crippen LogP contribution in [0, 0.1) is 0 Å². The van der Waals surface area contributed by atoms with E-state index in [-0.39, 0.29) is 6.04 Å². The molecule has 0 spiro atoms. The second kappa shape index (κ2) is 6.64. The summed E-state index contributed by atoms with van der Waals surface area (Å²) in [6.07, 6.45) is 0. The molecule has 1 atom stereocenters. The van der Waals surface area contributed by atoms with Gasteiger partial charge in [-0.1, -0.05) is 30.3 Å². The maximum absolute atomic E-state index is 5.86. The summed E-state index contributed by atoms with van der Waals surface area (Å²) in [5, 5.41) is 3.58. The number of ether oxygens (including phenoxy) is 1. The maximum Gasteiger partial charge on any atom is 0.134 e. The van der Waals surface area contributed by atoms with Gasteiger partial charge >= 0.3 is 0 Å². The van der Waals surface area contributed by atoms with Crippen LogP contribution in [0.4, 0.5) is 0 Å². The Kier molecular flexibility index (Phi) is 4.22. The van der Waals surface area contributed by atoms with Crippen LogP contribution in [0.2, 0.25) is 0 Å². The van der Waals surface area contributed by atoms with Gasteiger partial charge < -0.3 is 15.0 Å². The van der Waals surface area contributed by atoms with E-state index in [0.29, 0.717) is 0 Å². The molecule has 1 fully saturated rings. The molecular weight excluding hydrogens is 306 g/mol. The third kappa shape index (κ3) is 3.21. The first kappa shape index (κ1) is 14.6. The number of para-hydroxylation sites is 1. The van der Waals surface area contributed by atoms with E-state index in [1.807, 2.05) is 42.5 Å². The average molecular weight is 325 g/mol. The first-order valence-electron chi connectivity index (χ1n) is 7.91. The molecule has 0 unspecified atom stereocenters. The summed E-state index contributed by atoms with van der Waals surface area (Å²) in [6, 6.07) is 18.3. The van der Waals surface area contributed by atoms with E-state index >= 15 is 0 Å². The minimum atomic E-state index is 0.183. The molecule has 0 radical (unpaired) electrons. The van der Waals surface area contributed by atoms with Crippen LogP contribution in [0.1, 0.15) is 11.6 Å². The highest BCUT2D eigenvalue weighted by Gasteiger charge is 2.29. The van der Waals surface area contributed by atoms with Gasteiger partial charge in [-0.15, -0.1) is 0 Å². The van der Waals surface area contributed by atoms with E-state index in [1.165, 1.54) is 5.56 Å². The van der Waals surface area contributed by atoms with E-state index < -0.39 is 0 Å². The van der Waals surface area contributed by atoms with E-state index in [1.54, 1.807) is 11.9 Å². The second-order valence-electron chi connectivity index (χ2n) is 5.64. The van der Waals surface area contributed by atoms with Crippen LogP contribution in [0.15, 0.2) is 59.0 Å². The molecule has 5 heteroatoms. The van der Waals surface area contributed by atoms with E-state index in [2.05, 4.69) is 26.7 Å². The Labute approximate surface area is 140 Å². The summed E-state index contributed by atoms with van der Waals surface area (Å²) < 4.78 is 10.5. The minimum absolute atomic E-state index is 0.183. The van der Waals surface area contributed by atoms with Crippen molar-refractivity contribution < 1.29 is 4.74 Å². The van der Waals surface area contributed by atoms with Gasteiger partial charge in [0, 0.05) is 25.4 Å². The van der Waals surface area contributed by atoms with Crippen LogP contribution in [0.5, 0.6) is 11.5 Å². The molecule has 0 aliphatic carbocycles. The number of nitrogens with one attached hydrogen (secondary N) is 1. The molecule has 2 aromatic rings. The molecule has 2 aromatic carbocycles. The number of fused-ring (bicyclic) bond motifs is 1. The lowest BCUT2D eigenvalue weighted by molar-refractivity contribution is 0.365. The molecular formula is C18H19N3OS. The van der Waals surface area contributed by atoms with Crippen molar-refractivity contribution >= 4 is 17.8 Å². The third-order valence-corrected chi connectivity index (χ3v) is 4.80. The quantitative estimate of drug-likeness (QED) is 0.877. The smallest absolute Gasteiger partial charge is 0.134 e. The van der Waals surface area contributed by atoms with Gasteiger partial charge in [-0.3, -0.25) is 0 Å².